The number of nitrogens with zero attached hydrogens (tertiary/aromatic N) is 2. The van der Waals surface area contributed by atoms with Crippen LogP contribution >= 0.6 is 23.2 Å². The van der Waals surface area contributed by atoms with Crippen LogP contribution in [-0.4, -0.2) is 50.5 Å². The number of carbonyl (C=O) groups excluding carboxylic acids is 2. The van der Waals surface area contributed by atoms with Gasteiger partial charge < -0.3 is 10.2 Å². The predicted octanol–water partition coefficient (Wildman–Crippen LogP) is 5.40. The molecule has 2 aromatic rings. The molecule has 0 fully saturated rings. The van der Waals surface area contributed by atoms with Gasteiger partial charge in [-0.2, -0.15) is 0 Å². The SMILES string of the molecule is CCCCNC(=O)[C@H](CC)N(Cc1ccc(Cl)c(Cl)c1)C(=O)CCCN(c1ccc(F)cc1)S(C)(=O)=O. The summed E-state index contributed by atoms with van der Waals surface area (Å²) in [5, 5.41) is 3.62. The van der Waals surface area contributed by atoms with Crippen LogP contribution in [0.2, 0.25) is 10.0 Å². The Hall–Kier alpha value is -2.36. The lowest BCUT2D eigenvalue weighted by Gasteiger charge is -2.31. The summed E-state index contributed by atoms with van der Waals surface area (Å²) >= 11 is 12.2. The molecule has 11 heteroatoms. The number of halogens is 3. The minimum absolute atomic E-state index is 0.00722. The Morgan fingerprint density at radius 1 is 1.03 bits per heavy atom. The molecule has 0 bridgehead atoms. The van der Waals surface area contributed by atoms with Crippen LogP contribution in [0, 0.1) is 5.82 Å². The molecule has 0 radical (unpaired) electrons. The largest absolute Gasteiger partial charge is 0.354 e. The fraction of sp³-hybridized carbons (Fsp3) is 0.462. The minimum Gasteiger partial charge on any atom is -0.354 e. The number of anilines is 1. The van der Waals surface area contributed by atoms with E-state index in [1.54, 1.807) is 18.2 Å². The van der Waals surface area contributed by atoms with E-state index in [0.717, 1.165) is 23.4 Å². The zero-order valence-electron chi connectivity index (χ0n) is 21.3. The van der Waals surface area contributed by atoms with Gasteiger partial charge in [-0.1, -0.05) is 49.5 Å². The van der Waals surface area contributed by atoms with E-state index >= 15 is 0 Å². The van der Waals surface area contributed by atoms with Gasteiger partial charge in [0.15, 0.2) is 0 Å². The van der Waals surface area contributed by atoms with Crippen molar-refractivity contribution in [1.29, 1.82) is 0 Å². The van der Waals surface area contributed by atoms with Crippen LogP contribution < -0.4 is 9.62 Å². The van der Waals surface area contributed by atoms with E-state index < -0.39 is 21.9 Å². The Morgan fingerprint density at radius 2 is 1.70 bits per heavy atom. The summed E-state index contributed by atoms with van der Waals surface area (Å²) in [4.78, 5) is 27.9. The van der Waals surface area contributed by atoms with E-state index in [-0.39, 0.29) is 37.7 Å². The number of nitrogens with one attached hydrogen (secondary N) is 1. The highest BCUT2D eigenvalue weighted by molar-refractivity contribution is 7.92. The average molecular weight is 575 g/mol. The van der Waals surface area contributed by atoms with Gasteiger partial charge in [0, 0.05) is 26.1 Å². The van der Waals surface area contributed by atoms with Crippen molar-refractivity contribution in [3.63, 3.8) is 0 Å². The number of sulfonamides is 1. The molecule has 37 heavy (non-hydrogen) atoms. The molecule has 0 spiro atoms. The van der Waals surface area contributed by atoms with Gasteiger partial charge in [-0.25, -0.2) is 12.8 Å². The Bertz CT molecular complexity index is 1160. The van der Waals surface area contributed by atoms with Gasteiger partial charge in [0.2, 0.25) is 21.8 Å². The molecule has 2 aromatic carbocycles. The zero-order chi connectivity index (χ0) is 27.6. The lowest BCUT2D eigenvalue weighted by molar-refractivity contribution is -0.141. The monoisotopic (exact) mass is 573 g/mol. The van der Waals surface area contributed by atoms with Crippen LogP contribution in [0.25, 0.3) is 0 Å². The standard InChI is InChI=1S/C26H34Cl2FN3O4S/c1-4-6-15-30-26(34)24(5-2)31(18-19-9-14-22(27)23(28)17-19)25(33)8-7-16-32(37(3,35)36)21-12-10-20(29)11-13-21/h9-14,17,24H,4-8,15-16,18H2,1-3H3,(H,30,34)/t24-/m0/s1. The first-order chi connectivity index (χ1) is 17.5. The van der Waals surface area contributed by atoms with Gasteiger partial charge in [0.25, 0.3) is 0 Å². The quantitative estimate of drug-likeness (QED) is 0.306. The molecular formula is C26H34Cl2FN3O4S. The number of carbonyl (C=O) groups is 2. The summed E-state index contributed by atoms with van der Waals surface area (Å²) in [6, 6.07) is 9.45. The fourth-order valence-electron chi connectivity index (χ4n) is 3.87. The van der Waals surface area contributed by atoms with Gasteiger partial charge >= 0.3 is 0 Å². The van der Waals surface area contributed by atoms with Crippen molar-refractivity contribution >= 4 is 50.7 Å². The molecule has 1 atom stereocenters. The molecule has 0 saturated heterocycles. The summed E-state index contributed by atoms with van der Waals surface area (Å²) < 4.78 is 39.2. The second-order valence-corrected chi connectivity index (χ2v) is 11.5. The molecule has 0 aliphatic carbocycles. The maximum Gasteiger partial charge on any atom is 0.242 e. The molecule has 7 nitrogen and oxygen atoms in total. The van der Waals surface area contributed by atoms with E-state index in [2.05, 4.69) is 5.32 Å². The van der Waals surface area contributed by atoms with Gasteiger partial charge in [-0.05, 0) is 61.2 Å². The van der Waals surface area contributed by atoms with E-state index in [1.807, 2.05) is 13.8 Å². The zero-order valence-corrected chi connectivity index (χ0v) is 23.7. The normalized spacial score (nSPS) is 12.2. The number of rotatable bonds is 14. The van der Waals surface area contributed by atoms with Crippen LogP contribution in [0.3, 0.4) is 0 Å². The molecule has 0 unspecified atom stereocenters. The van der Waals surface area contributed by atoms with E-state index in [0.29, 0.717) is 34.3 Å². The molecule has 0 saturated carbocycles. The van der Waals surface area contributed by atoms with Crippen LogP contribution in [0.15, 0.2) is 42.5 Å². The molecular weight excluding hydrogens is 540 g/mol. The molecule has 204 valence electrons. The Kier molecular flexibility index (Phi) is 12.1. The Balaban J connectivity index is 2.21. The highest BCUT2D eigenvalue weighted by Gasteiger charge is 2.29. The molecule has 0 aromatic heterocycles. The lowest BCUT2D eigenvalue weighted by atomic mass is 10.1. The van der Waals surface area contributed by atoms with Gasteiger partial charge in [0.05, 0.1) is 22.0 Å². The number of benzene rings is 2. The van der Waals surface area contributed by atoms with E-state index in [1.165, 1.54) is 29.2 Å². The molecule has 0 heterocycles. The third-order valence-electron chi connectivity index (χ3n) is 5.82. The highest BCUT2D eigenvalue weighted by atomic mass is 35.5. The maximum absolute atomic E-state index is 13.4. The van der Waals surface area contributed by atoms with Crippen LogP contribution in [0.1, 0.15) is 51.5 Å². The van der Waals surface area contributed by atoms with Gasteiger partial charge in [-0.3, -0.25) is 13.9 Å². The Morgan fingerprint density at radius 3 is 2.27 bits per heavy atom. The first-order valence-corrected chi connectivity index (χ1v) is 14.8. The van der Waals surface area contributed by atoms with Crippen molar-refractivity contribution < 1.29 is 22.4 Å². The summed E-state index contributed by atoms with van der Waals surface area (Å²) in [7, 11) is -3.66. The number of unbranched alkanes of at least 4 members (excludes halogenated alkanes) is 1. The summed E-state index contributed by atoms with van der Waals surface area (Å²) in [5.74, 6) is -1.02. The average Bonchev–Trinajstić information content (AvgIpc) is 2.84. The molecule has 1 N–H and O–H groups in total. The minimum atomic E-state index is -3.66. The first kappa shape index (κ1) is 30.9. The third kappa shape index (κ3) is 9.47. The topological polar surface area (TPSA) is 86.8 Å². The van der Waals surface area contributed by atoms with Crippen molar-refractivity contribution in [2.24, 2.45) is 0 Å². The summed E-state index contributed by atoms with van der Waals surface area (Å²) in [5.41, 5.74) is 1.03. The second kappa shape index (κ2) is 14.5. The van der Waals surface area contributed by atoms with Crippen molar-refractivity contribution in [3.8, 4) is 0 Å². The van der Waals surface area contributed by atoms with Gasteiger partial charge in [-0.15, -0.1) is 0 Å². The molecule has 0 aliphatic heterocycles. The van der Waals surface area contributed by atoms with Crippen molar-refractivity contribution in [2.75, 3.05) is 23.7 Å². The smallest absolute Gasteiger partial charge is 0.242 e. The maximum atomic E-state index is 13.4. The van der Waals surface area contributed by atoms with E-state index in [9.17, 15) is 22.4 Å². The highest BCUT2D eigenvalue weighted by Crippen LogP contribution is 2.25. The van der Waals surface area contributed by atoms with Crippen molar-refractivity contribution in [1.82, 2.24) is 10.2 Å². The number of hydrogen-bond acceptors (Lipinski definition) is 4. The summed E-state index contributed by atoms with van der Waals surface area (Å²) in [6.45, 7) is 4.54. The first-order valence-electron chi connectivity index (χ1n) is 12.2. The van der Waals surface area contributed by atoms with Crippen LogP contribution in [0.4, 0.5) is 10.1 Å². The third-order valence-corrected chi connectivity index (χ3v) is 7.75. The Labute approximate surface area is 229 Å². The van der Waals surface area contributed by atoms with Crippen molar-refractivity contribution in [3.05, 3.63) is 63.9 Å². The second-order valence-electron chi connectivity index (χ2n) is 8.75. The summed E-state index contributed by atoms with van der Waals surface area (Å²) in [6.07, 6.45) is 3.42. The lowest BCUT2D eigenvalue weighted by Crippen LogP contribution is -2.49. The predicted molar refractivity (Wildman–Crippen MR) is 147 cm³/mol. The number of amides is 2. The number of hydrogen-bond donors (Lipinski definition) is 1. The molecule has 2 rings (SSSR count). The van der Waals surface area contributed by atoms with Crippen LogP contribution in [-0.2, 0) is 26.2 Å². The van der Waals surface area contributed by atoms with E-state index in [4.69, 9.17) is 23.2 Å². The molecule has 2 amide bonds. The molecule has 0 aliphatic rings. The fourth-order valence-corrected chi connectivity index (χ4v) is 5.16. The van der Waals surface area contributed by atoms with Gasteiger partial charge in [0.1, 0.15) is 11.9 Å². The van der Waals surface area contributed by atoms with Crippen LogP contribution in [0.5, 0.6) is 0 Å². The van der Waals surface area contributed by atoms with Crippen molar-refractivity contribution in [2.45, 2.75) is 58.5 Å².